The molecule has 3 aliphatic heterocycles. The van der Waals surface area contributed by atoms with E-state index in [1.54, 1.807) is 12.1 Å². The lowest BCUT2D eigenvalue weighted by atomic mass is 9.88. The van der Waals surface area contributed by atoms with Crippen molar-refractivity contribution in [2.24, 2.45) is 0 Å². The Balaban J connectivity index is 1.05. The van der Waals surface area contributed by atoms with Crippen LogP contribution in [0.2, 0.25) is 0 Å². The zero-order valence-corrected chi connectivity index (χ0v) is 23.2. The third-order valence-corrected chi connectivity index (χ3v) is 8.28. The Morgan fingerprint density at radius 1 is 0.897 bits per heavy atom. The average Bonchev–Trinajstić information content (AvgIpc) is 3.23. The number of carbonyl (C=O) groups is 2. The Bertz CT molecular complexity index is 1090. The van der Waals surface area contributed by atoms with Gasteiger partial charge in [-0.25, -0.2) is 0 Å². The number of aryl methyl sites for hydroxylation is 1. The number of hydrogen-bond donors (Lipinski definition) is 0. The summed E-state index contributed by atoms with van der Waals surface area (Å²) in [4.78, 5) is 29.1. The summed E-state index contributed by atoms with van der Waals surface area (Å²) >= 11 is 0. The van der Waals surface area contributed by atoms with Crippen LogP contribution in [-0.4, -0.2) is 73.9 Å². The number of amides is 2. The quantitative estimate of drug-likeness (QED) is 0.267. The van der Waals surface area contributed by atoms with E-state index in [9.17, 15) is 9.59 Å². The first-order chi connectivity index (χ1) is 19.1. The van der Waals surface area contributed by atoms with Crippen LogP contribution in [0.1, 0.15) is 89.6 Å². The lowest BCUT2D eigenvalue weighted by Crippen LogP contribution is -2.35. The molecule has 2 aromatic carbocycles. The lowest BCUT2D eigenvalue weighted by molar-refractivity contribution is -0.165. The number of rotatable bonds is 12. The van der Waals surface area contributed by atoms with Crippen LogP contribution in [-0.2, 0) is 15.9 Å². The second-order valence-electron chi connectivity index (χ2n) is 10.9. The molecule has 0 spiro atoms. The summed E-state index contributed by atoms with van der Waals surface area (Å²) < 4.78 is 17.8. The minimum atomic E-state index is -0.155. The van der Waals surface area contributed by atoms with Crippen molar-refractivity contribution in [2.45, 2.75) is 70.5 Å². The summed E-state index contributed by atoms with van der Waals surface area (Å²) in [5.41, 5.74) is 3.67. The standard InChI is InChI=1S/C32H42N2O5/c1-2-24-12-13-26(29(23-24)37-21-22-39-30-11-5-8-20-38-30)25-14-18-33(19-15-25)16-6-7-17-34-31(35)27-9-3-4-10-28(27)32(34)36/h3-4,9-10,12-13,23,25,30H,2,5-8,11,14-22H2,1H3. The largest absolute Gasteiger partial charge is 0.491 e. The molecule has 2 amide bonds. The second-order valence-corrected chi connectivity index (χ2v) is 10.9. The highest BCUT2D eigenvalue weighted by Gasteiger charge is 2.34. The molecule has 210 valence electrons. The summed E-state index contributed by atoms with van der Waals surface area (Å²) in [7, 11) is 0. The van der Waals surface area contributed by atoms with Gasteiger partial charge in [0.1, 0.15) is 12.4 Å². The van der Waals surface area contributed by atoms with E-state index in [0.29, 0.717) is 36.8 Å². The Kier molecular flexibility index (Phi) is 9.67. The zero-order valence-electron chi connectivity index (χ0n) is 23.2. The SMILES string of the molecule is CCc1ccc(C2CCN(CCCCN3C(=O)c4ccccc4C3=O)CC2)c(OCCOC2CCCCO2)c1. The molecule has 39 heavy (non-hydrogen) atoms. The molecule has 7 nitrogen and oxygen atoms in total. The minimum Gasteiger partial charge on any atom is -0.491 e. The molecule has 3 aliphatic rings. The van der Waals surface area contributed by atoms with E-state index in [2.05, 4.69) is 30.0 Å². The minimum absolute atomic E-state index is 0.0826. The molecule has 1 unspecified atom stereocenters. The highest BCUT2D eigenvalue weighted by molar-refractivity contribution is 6.21. The van der Waals surface area contributed by atoms with Gasteiger partial charge in [-0.15, -0.1) is 0 Å². The maximum absolute atomic E-state index is 12.6. The number of likely N-dealkylation sites (tertiary alicyclic amines) is 1. The van der Waals surface area contributed by atoms with Crippen LogP contribution in [0.3, 0.4) is 0 Å². The number of fused-ring (bicyclic) bond motifs is 1. The summed E-state index contributed by atoms with van der Waals surface area (Å²) in [6.07, 6.45) is 8.18. The van der Waals surface area contributed by atoms with Crippen LogP contribution in [0.25, 0.3) is 0 Å². The Morgan fingerprint density at radius 3 is 2.33 bits per heavy atom. The number of benzene rings is 2. The van der Waals surface area contributed by atoms with Gasteiger partial charge in [-0.05, 0) is 106 Å². The van der Waals surface area contributed by atoms with Gasteiger partial charge in [-0.3, -0.25) is 14.5 Å². The van der Waals surface area contributed by atoms with Crippen molar-refractivity contribution in [1.82, 2.24) is 9.80 Å². The van der Waals surface area contributed by atoms with Crippen molar-refractivity contribution in [3.8, 4) is 5.75 Å². The van der Waals surface area contributed by atoms with Gasteiger partial charge in [-0.2, -0.15) is 0 Å². The smallest absolute Gasteiger partial charge is 0.261 e. The van der Waals surface area contributed by atoms with Crippen LogP contribution in [0.15, 0.2) is 42.5 Å². The molecule has 1 atom stereocenters. The molecule has 3 heterocycles. The summed E-state index contributed by atoms with van der Waals surface area (Å²) in [5, 5.41) is 0. The van der Waals surface area contributed by atoms with Crippen molar-refractivity contribution >= 4 is 11.8 Å². The number of unbranched alkanes of at least 4 members (excludes halogenated alkanes) is 1. The fraction of sp³-hybridized carbons (Fsp3) is 0.562. The molecule has 0 radical (unpaired) electrons. The topological polar surface area (TPSA) is 68.3 Å². The van der Waals surface area contributed by atoms with E-state index in [0.717, 1.165) is 76.9 Å². The monoisotopic (exact) mass is 534 g/mol. The molecule has 5 rings (SSSR count). The molecule has 0 aliphatic carbocycles. The third kappa shape index (κ3) is 6.89. The van der Waals surface area contributed by atoms with E-state index >= 15 is 0 Å². The molecule has 2 fully saturated rings. The number of piperidine rings is 1. The van der Waals surface area contributed by atoms with E-state index in [1.165, 1.54) is 22.4 Å². The second kappa shape index (κ2) is 13.6. The fourth-order valence-corrected chi connectivity index (χ4v) is 5.95. The molecule has 0 saturated carbocycles. The molecular formula is C32H42N2O5. The van der Waals surface area contributed by atoms with Gasteiger partial charge in [0.05, 0.1) is 17.7 Å². The van der Waals surface area contributed by atoms with Gasteiger partial charge in [-0.1, -0.05) is 31.2 Å². The maximum atomic E-state index is 12.6. The number of nitrogens with zero attached hydrogens (tertiary/aromatic N) is 2. The Labute approximate surface area is 232 Å². The summed E-state index contributed by atoms with van der Waals surface area (Å²) in [6.45, 7) is 7.63. The highest BCUT2D eigenvalue weighted by Crippen LogP contribution is 2.35. The van der Waals surface area contributed by atoms with E-state index in [1.807, 2.05) is 12.1 Å². The lowest BCUT2D eigenvalue weighted by Gasteiger charge is -2.33. The van der Waals surface area contributed by atoms with Crippen molar-refractivity contribution in [1.29, 1.82) is 0 Å². The number of imide groups is 1. The predicted octanol–water partition coefficient (Wildman–Crippen LogP) is 5.43. The molecule has 0 aromatic heterocycles. The van der Waals surface area contributed by atoms with Crippen LogP contribution in [0.5, 0.6) is 5.75 Å². The van der Waals surface area contributed by atoms with E-state index in [4.69, 9.17) is 14.2 Å². The van der Waals surface area contributed by atoms with E-state index < -0.39 is 0 Å². The van der Waals surface area contributed by atoms with Crippen molar-refractivity contribution in [3.63, 3.8) is 0 Å². The Hall–Kier alpha value is -2.74. The first-order valence-electron chi connectivity index (χ1n) is 14.8. The predicted molar refractivity (Wildman–Crippen MR) is 150 cm³/mol. The molecular weight excluding hydrogens is 492 g/mol. The number of hydrogen-bond acceptors (Lipinski definition) is 6. The fourth-order valence-electron chi connectivity index (χ4n) is 5.95. The molecule has 7 heteroatoms. The molecule has 0 bridgehead atoms. The van der Waals surface area contributed by atoms with Gasteiger partial charge in [0.2, 0.25) is 0 Å². The van der Waals surface area contributed by atoms with Gasteiger partial charge < -0.3 is 19.1 Å². The Morgan fingerprint density at radius 2 is 1.64 bits per heavy atom. The van der Waals surface area contributed by atoms with E-state index in [-0.39, 0.29) is 18.1 Å². The van der Waals surface area contributed by atoms with Crippen molar-refractivity contribution in [2.75, 3.05) is 46.0 Å². The molecule has 2 aromatic rings. The van der Waals surface area contributed by atoms with Gasteiger partial charge in [0, 0.05) is 13.2 Å². The average molecular weight is 535 g/mol. The van der Waals surface area contributed by atoms with Gasteiger partial charge >= 0.3 is 0 Å². The van der Waals surface area contributed by atoms with Crippen LogP contribution >= 0.6 is 0 Å². The van der Waals surface area contributed by atoms with Crippen molar-refractivity contribution < 1.29 is 23.8 Å². The van der Waals surface area contributed by atoms with Crippen molar-refractivity contribution in [3.05, 3.63) is 64.7 Å². The normalized spacial score (nSPS) is 20.4. The number of ether oxygens (including phenoxy) is 3. The maximum Gasteiger partial charge on any atom is 0.261 e. The van der Waals surface area contributed by atoms with Gasteiger partial charge in [0.15, 0.2) is 6.29 Å². The van der Waals surface area contributed by atoms with Crippen LogP contribution < -0.4 is 4.74 Å². The molecule has 2 saturated heterocycles. The van der Waals surface area contributed by atoms with Crippen LogP contribution in [0, 0.1) is 0 Å². The van der Waals surface area contributed by atoms with Gasteiger partial charge in [0.25, 0.3) is 11.8 Å². The summed E-state index contributed by atoms with van der Waals surface area (Å²) in [6, 6.07) is 13.8. The molecule has 0 N–H and O–H groups in total. The third-order valence-electron chi connectivity index (χ3n) is 8.28. The first kappa shape index (κ1) is 27.8. The first-order valence-corrected chi connectivity index (χ1v) is 14.8. The number of carbonyl (C=O) groups excluding carboxylic acids is 2. The zero-order chi connectivity index (χ0) is 27.0. The highest BCUT2D eigenvalue weighted by atomic mass is 16.7. The summed E-state index contributed by atoms with van der Waals surface area (Å²) in [5.74, 6) is 1.18. The van der Waals surface area contributed by atoms with Crippen LogP contribution in [0.4, 0.5) is 0 Å².